The summed E-state index contributed by atoms with van der Waals surface area (Å²) in [6, 6.07) is 3.90. The molecule has 4 N–H and O–H groups in total. The van der Waals surface area contributed by atoms with Crippen molar-refractivity contribution in [2.24, 2.45) is 10.7 Å². The highest BCUT2D eigenvalue weighted by Gasteiger charge is 2.14. The maximum atomic E-state index is 9.78. The molecule has 5 heteroatoms. The van der Waals surface area contributed by atoms with Gasteiger partial charge in [0.25, 0.3) is 0 Å². The standard InChI is InChI=1S/C13H21N3O2/c14-13(16-10-5-2-1-3-6-10)15-9-11(17)12-7-4-8-18-12/h4,7-8,10-11,17H,1-3,5-6,9H2,(H3,14,15,16). The third kappa shape index (κ3) is 3.77. The molecular weight excluding hydrogens is 230 g/mol. The predicted molar refractivity (Wildman–Crippen MR) is 70.2 cm³/mol. The van der Waals surface area contributed by atoms with Crippen molar-refractivity contribution >= 4 is 5.96 Å². The molecule has 100 valence electrons. The Bertz CT molecular complexity index is 370. The topological polar surface area (TPSA) is 83.8 Å². The highest BCUT2D eigenvalue weighted by atomic mass is 16.4. The summed E-state index contributed by atoms with van der Waals surface area (Å²) in [5, 5.41) is 13.0. The van der Waals surface area contributed by atoms with Gasteiger partial charge in [0.2, 0.25) is 0 Å². The van der Waals surface area contributed by atoms with Crippen molar-refractivity contribution in [2.75, 3.05) is 6.54 Å². The summed E-state index contributed by atoms with van der Waals surface area (Å²) in [4.78, 5) is 4.15. The van der Waals surface area contributed by atoms with Crippen LogP contribution in [-0.2, 0) is 0 Å². The van der Waals surface area contributed by atoms with Gasteiger partial charge in [0.1, 0.15) is 11.9 Å². The second kappa shape index (κ2) is 6.44. The van der Waals surface area contributed by atoms with Gasteiger partial charge in [-0.1, -0.05) is 19.3 Å². The van der Waals surface area contributed by atoms with E-state index in [1.807, 2.05) is 0 Å². The first-order valence-electron chi connectivity index (χ1n) is 6.53. The number of aliphatic imine (C=N–C) groups is 1. The van der Waals surface area contributed by atoms with Crippen molar-refractivity contribution in [3.63, 3.8) is 0 Å². The van der Waals surface area contributed by atoms with Crippen LogP contribution >= 0.6 is 0 Å². The van der Waals surface area contributed by atoms with Crippen LogP contribution in [0.15, 0.2) is 27.8 Å². The largest absolute Gasteiger partial charge is 0.467 e. The smallest absolute Gasteiger partial charge is 0.188 e. The predicted octanol–water partition coefficient (Wildman–Crippen LogP) is 1.55. The van der Waals surface area contributed by atoms with Gasteiger partial charge in [0.15, 0.2) is 5.96 Å². The van der Waals surface area contributed by atoms with E-state index in [0.717, 1.165) is 12.8 Å². The van der Waals surface area contributed by atoms with E-state index in [1.54, 1.807) is 12.1 Å². The number of rotatable bonds is 4. The fraction of sp³-hybridized carbons (Fsp3) is 0.615. The number of hydrogen-bond acceptors (Lipinski definition) is 3. The van der Waals surface area contributed by atoms with Crippen LogP contribution in [0.2, 0.25) is 0 Å². The molecular formula is C13H21N3O2. The Kier molecular flexibility index (Phi) is 4.64. The van der Waals surface area contributed by atoms with Crippen LogP contribution in [0.1, 0.15) is 44.0 Å². The van der Waals surface area contributed by atoms with Crippen LogP contribution in [0.25, 0.3) is 0 Å². The minimum Gasteiger partial charge on any atom is -0.467 e. The summed E-state index contributed by atoms with van der Waals surface area (Å²) in [6.07, 6.45) is 6.92. The lowest BCUT2D eigenvalue weighted by molar-refractivity contribution is 0.158. The molecule has 1 aromatic rings. The molecule has 0 bridgehead atoms. The normalized spacial score (nSPS) is 19.7. The molecule has 0 spiro atoms. The molecule has 0 aromatic carbocycles. The molecule has 1 aliphatic rings. The Hall–Kier alpha value is -1.49. The molecule has 1 fully saturated rings. The highest BCUT2D eigenvalue weighted by molar-refractivity contribution is 5.78. The molecule has 0 radical (unpaired) electrons. The highest BCUT2D eigenvalue weighted by Crippen LogP contribution is 2.17. The van der Waals surface area contributed by atoms with Gasteiger partial charge < -0.3 is 20.6 Å². The minimum absolute atomic E-state index is 0.221. The molecule has 0 amide bonds. The van der Waals surface area contributed by atoms with Gasteiger partial charge in [-0.2, -0.15) is 0 Å². The SMILES string of the molecule is NC(=NCC(O)c1ccco1)NC1CCCCC1. The average molecular weight is 251 g/mol. The third-order valence-corrected chi connectivity index (χ3v) is 3.26. The quantitative estimate of drug-likeness (QED) is 0.560. The fourth-order valence-electron chi connectivity index (χ4n) is 2.26. The third-order valence-electron chi connectivity index (χ3n) is 3.26. The zero-order valence-corrected chi connectivity index (χ0v) is 10.5. The van der Waals surface area contributed by atoms with Crippen molar-refractivity contribution in [3.05, 3.63) is 24.2 Å². The Morgan fingerprint density at radius 2 is 2.28 bits per heavy atom. The molecule has 5 nitrogen and oxygen atoms in total. The van der Waals surface area contributed by atoms with Crippen LogP contribution in [0, 0.1) is 0 Å². The summed E-state index contributed by atoms with van der Waals surface area (Å²) in [5.41, 5.74) is 5.80. The zero-order valence-electron chi connectivity index (χ0n) is 10.5. The van der Waals surface area contributed by atoms with E-state index in [9.17, 15) is 5.11 Å². The van der Waals surface area contributed by atoms with E-state index in [2.05, 4.69) is 10.3 Å². The molecule has 1 aliphatic carbocycles. The van der Waals surface area contributed by atoms with Crippen LogP contribution in [0.5, 0.6) is 0 Å². The minimum atomic E-state index is -0.730. The molecule has 1 atom stereocenters. The van der Waals surface area contributed by atoms with E-state index in [4.69, 9.17) is 10.2 Å². The number of hydrogen-bond donors (Lipinski definition) is 3. The lowest BCUT2D eigenvalue weighted by Crippen LogP contribution is -2.41. The number of nitrogens with zero attached hydrogens (tertiary/aromatic N) is 1. The Morgan fingerprint density at radius 3 is 2.94 bits per heavy atom. The molecule has 18 heavy (non-hydrogen) atoms. The molecule has 0 aliphatic heterocycles. The van der Waals surface area contributed by atoms with E-state index in [1.165, 1.54) is 25.5 Å². The lowest BCUT2D eigenvalue weighted by atomic mass is 9.96. The molecule has 0 saturated heterocycles. The van der Waals surface area contributed by atoms with E-state index >= 15 is 0 Å². The monoisotopic (exact) mass is 251 g/mol. The maximum absolute atomic E-state index is 9.78. The van der Waals surface area contributed by atoms with Gasteiger partial charge >= 0.3 is 0 Å². The van der Waals surface area contributed by atoms with Gasteiger partial charge in [0.05, 0.1) is 12.8 Å². The molecule has 2 rings (SSSR count). The van der Waals surface area contributed by atoms with Crippen molar-refractivity contribution in [1.82, 2.24) is 5.32 Å². The maximum Gasteiger partial charge on any atom is 0.188 e. The van der Waals surface area contributed by atoms with E-state index in [0.29, 0.717) is 17.8 Å². The van der Waals surface area contributed by atoms with Gasteiger partial charge in [-0.3, -0.25) is 4.99 Å². The van der Waals surface area contributed by atoms with Gasteiger partial charge in [-0.15, -0.1) is 0 Å². The van der Waals surface area contributed by atoms with Crippen molar-refractivity contribution in [1.29, 1.82) is 0 Å². The number of aliphatic hydroxyl groups is 1. The summed E-state index contributed by atoms with van der Waals surface area (Å²) in [5.74, 6) is 0.928. The van der Waals surface area contributed by atoms with Crippen molar-refractivity contribution in [3.8, 4) is 0 Å². The summed E-state index contributed by atoms with van der Waals surface area (Å²) in [6.45, 7) is 0.221. The Labute approximate surface area is 107 Å². The molecule has 1 saturated carbocycles. The van der Waals surface area contributed by atoms with Crippen LogP contribution in [0.4, 0.5) is 0 Å². The van der Waals surface area contributed by atoms with Crippen LogP contribution in [-0.4, -0.2) is 23.7 Å². The summed E-state index contributed by atoms with van der Waals surface area (Å²) >= 11 is 0. The first-order chi connectivity index (χ1) is 8.75. The van der Waals surface area contributed by atoms with Crippen LogP contribution in [0.3, 0.4) is 0 Å². The fourth-order valence-corrected chi connectivity index (χ4v) is 2.26. The Morgan fingerprint density at radius 1 is 1.50 bits per heavy atom. The second-order valence-corrected chi connectivity index (χ2v) is 4.74. The number of nitrogens with one attached hydrogen (secondary N) is 1. The summed E-state index contributed by atoms with van der Waals surface area (Å²) in [7, 11) is 0. The molecule has 1 aromatic heterocycles. The first-order valence-corrected chi connectivity index (χ1v) is 6.53. The zero-order chi connectivity index (χ0) is 12.8. The Balaban J connectivity index is 1.77. The first kappa shape index (κ1) is 13.0. The van der Waals surface area contributed by atoms with E-state index in [-0.39, 0.29) is 6.54 Å². The number of furan rings is 1. The number of aliphatic hydroxyl groups excluding tert-OH is 1. The van der Waals surface area contributed by atoms with Crippen molar-refractivity contribution < 1.29 is 9.52 Å². The molecule has 1 unspecified atom stereocenters. The number of guanidine groups is 1. The van der Waals surface area contributed by atoms with Gasteiger partial charge in [-0.25, -0.2) is 0 Å². The second-order valence-electron chi connectivity index (χ2n) is 4.74. The molecule has 1 heterocycles. The number of nitrogens with two attached hydrogens (primary N) is 1. The summed E-state index contributed by atoms with van der Waals surface area (Å²) < 4.78 is 5.10. The lowest BCUT2D eigenvalue weighted by Gasteiger charge is -2.23. The van der Waals surface area contributed by atoms with Gasteiger partial charge in [0, 0.05) is 6.04 Å². The van der Waals surface area contributed by atoms with Crippen molar-refractivity contribution in [2.45, 2.75) is 44.2 Å². The van der Waals surface area contributed by atoms with Crippen LogP contribution < -0.4 is 11.1 Å². The van der Waals surface area contributed by atoms with E-state index < -0.39 is 6.10 Å². The van der Waals surface area contributed by atoms with Gasteiger partial charge in [-0.05, 0) is 25.0 Å². The average Bonchev–Trinajstić information content (AvgIpc) is 2.91.